The summed E-state index contributed by atoms with van der Waals surface area (Å²) in [6, 6.07) is 10.6. The number of halogens is 6. The second kappa shape index (κ2) is 17.1. The summed E-state index contributed by atoms with van der Waals surface area (Å²) in [5.74, 6) is 0.415. The Hall–Kier alpha value is -4.21. The first kappa shape index (κ1) is 40.6. The number of alkyl halides is 6. The fourth-order valence-corrected chi connectivity index (χ4v) is 5.50. The number of aliphatic carboxylic acids is 1. The van der Waals surface area contributed by atoms with Gasteiger partial charge in [-0.15, -0.1) is 0 Å². The number of ether oxygens (including phenoxy) is 4. The van der Waals surface area contributed by atoms with Crippen LogP contribution in [-0.2, 0) is 30.2 Å². The van der Waals surface area contributed by atoms with Gasteiger partial charge in [-0.3, -0.25) is 0 Å². The number of hydrogen-bond acceptors (Lipinski definition) is 9. The number of carbonyl (C=O) groups is 1. The summed E-state index contributed by atoms with van der Waals surface area (Å²) in [4.78, 5) is 20.8. The molecule has 1 aromatic heterocycles. The Labute approximate surface area is 318 Å². The van der Waals surface area contributed by atoms with Crippen LogP contribution < -0.4 is 58.5 Å². The van der Waals surface area contributed by atoms with Gasteiger partial charge in [0.25, 0.3) is 0 Å². The fourth-order valence-electron chi connectivity index (χ4n) is 5.50. The van der Waals surface area contributed by atoms with Crippen LogP contribution in [0.5, 0.6) is 23.0 Å². The van der Waals surface area contributed by atoms with Gasteiger partial charge in [-0.1, -0.05) is 19.9 Å². The smallest absolute Gasteiger partial charge is 0.550 e. The maximum Gasteiger partial charge on any atom is 1.00 e. The number of carbonyl (C=O) groups excluding carboxylic acids is 1. The third kappa shape index (κ3) is 10.2. The third-order valence-electron chi connectivity index (χ3n) is 8.02. The molecule has 0 radical (unpaired) electrons. The van der Waals surface area contributed by atoms with Crippen LogP contribution >= 0.6 is 0 Å². The van der Waals surface area contributed by atoms with Gasteiger partial charge >= 0.3 is 41.9 Å². The van der Waals surface area contributed by atoms with Crippen molar-refractivity contribution in [3.05, 3.63) is 88.7 Å². The Morgan fingerprint density at radius 1 is 0.885 bits per heavy atom. The number of nitrogens with zero attached hydrogens (tertiary/aromatic N) is 3. The summed E-state index contributed by atoms with van der Waals surface area (Å²) >= 11 is 0. The SMILES string of the molecule is COc1ccc(C(C)C)cc1-c1cc2c(cc1CN(Cc1cc(C(F)(F)F)cc(C(F)(F)F)c1)c1ncc(OCCCC(=O)[O-])cn1)OCCO2.[Na+]. The van der Waals surface area contributed by atoms with E-state index in [4.69, 9.17) is 18.9 Å². The zero-order valence-electron chi connectivity index (χ0n) is 28.9. The van der Waals surface area contributed by atoms with E-state index < -0.39 is 36.0 Å². The van der Waals surface area contributed by atoms with E-state index in [9.17, 15) is 36.2 Å². The number of fused-ring (bicyclic) bond motifs is 1. The number of methoxy groups -OCH3 is 1. The molecule has 3 aromatic carbocycles. The molecule has 0 spiro atoms. The van der Waals surface area contributed by atoms with Crippen LogP contribution in [0.3, 0.4) is 0 Å². The number of carboxylic acid groups (broad SMARTS) is 1. The van der Waals surface area contributed by atoms with Gasteiger partial charge in [0.2, 0.25) is 5.95 Å². The van der Waals surface area contributed by atoms with Gasteiger partial charge in [0.15, 0.2) is 17.2 Å². The first-order chi connectivity index (χ1) is 24.1. The molecule has 52 heavy (non-hydrogen) atoms. The second-order valence-electron chi connectivity index (χ2n) is 12.1. The zero-order valence-corrected chi connectivity index (χ0v) is 30.9. The molecule has 0 bridgehead atoms. The molecule has 9 nitrogen and oxygen atoms in total. The Morgan fingerprint density at radius 2 is 1.50 bits per heavy atom. The number of hydrogen-bond donors (Lipinski definition) is 0. The van der Waals surface area contributed by atoms with Gasteiger partial charge in [0, 0.05) is 24.6 Å². The maximum absolute atomic E-state index is 13.8. The maximum atomic E-state index is 13.8. The predicted molar refractivity (Wildman–Crippen MR) is 172 cm³/mol. The van der Waals surface area contributed by atoms with Crippen LogP contribution in [0.1, 0.15) is 60.4 Å². The van der Waals surface area contributed by atoms with E-state index in [0.717, 1.165) is 5.56 Å². The van der Waals surface area contributed by atoms with Gasteiger partial charge in [0.05, 0.1) is 37.2 Å². The number of aromatic nitrogens is 2. The van der Waals surface area contributed by atoms with Crippen molar-refractivity contribution in [2.75, 3.05) is 31.8 Å². The molecule has 0 N–H and O–H groups in total. The van der Waals surface area contributed by atoms with Gasteiger partial charge in [-0.05, 0) is 83.5 Å². The fraction of sp³-hybridized carbons (Fsp3) is 0.361. The molecule has 5 rings (SSSR count). The summed E-state index contributed by atoms with van der Waals surface area (Å²) in [5, 5.41) is 10.7. The molecule has 2 heterocycles. The van der Waals surface area contributed by atoms with Crippen LogP contribution in [0.25, 0.3) is 11.1 Å². The minimum atomic E-state index is -5.05. The molecule has 0 aliphatic carbocycles. The number of benzene rings is 3. The van der Waals surface area contributed by atoms with Crippen LogP contribution in [0.4, 0.5) is 32.3 Å². The van der Waals surface area contributed by atoms with E-state index in [1.807, 2.05) is 32.0 Å². The van der Waals surface area contributed by atoms with Gasteiger partial charge in [-0.25, -0.2) is 9.97 Å². The number of anilines is 1. The molecule has 0 saturated carbocycles. The molecular formula is C36H34F6N3NaO6. The van der Waals surface area contributed by atoms with E-state index in [-0.39, 0.29) is 91.4 Å². The Balaban J connectivity index is 0.00000605. The molecule has 0 atom stereocenters. The topological polar surface area (TPSA) is 106 Å². The Morgan fingerprint density at radius 3 is 2.06 bits per heavy atom. The largest absolute Gasteiger partial charge is 1.00 e. The van der Waals surface area contributed by atoms with Crippen molar-refractivity contribution in [2.24, 2.45) is 0 Å². The Kier molecular flexibility index (Phi) is 13.3. The summed E-state index contributed by atoms with van der Waals surface area (Å²) in [6.07, 6.45) is -7.61. The quantitative estimate of drug-likeness (QED) is 0.113. The summed E-state index contributed by atoms with van der Waals surface area (Å²) in [5.41, 5.74) is -0.348. The Bertz CT molecular complexity index is 1820. The molecule has 0 amide bonds. The standard InChI is InChI=1S/C36H35F6N3O6.Na/c1-21(2)23-6-7-30(48-3)29(13-23)28-16-32-31(50-9-10-51-32)14-24(28)20-45(34-43-17-27(18-44-34)49-8-4-5-33(46)47)19-22-11-25(35(37,38)39)15-26(12-22)36(40,41)42;/h6-7,11-18,21H,4-5,8-10,19-20H2,1-3H3,(H,46,47);/q;+1/p-1. The van der Waals surface area contributed by atoms with Gasteiger partial charge in [-0.2, -0.15) is 26.3 Å². The second-order valence-corrected chi connectivity index (χ2v) is 12.1. The van der Waals surface area contributed by atoms with Crippen molar-refractivity contribution >= 4 is 11.9 Å². The predicted octanol–water partition coefficient (Wildman–Crippen LogP) is 4.20. The summed E-state index contributed by atoms with van der Waals surface area (Å²) in [7, 11) is 1.51. The van der Waals surface area contributed by atoms with E-state index in [1.165, 1.54) is 24.4 Å². The number of rotatable bonds is 13. The van der Waals surface area contributed by atoms with Crippen molar-refractivity contribution in [1.82, 2.24) is 9.97 Å². The van der Waals surface area contributed by atoms with Crippen LogP contribution in [0.15, 0.2) is 60.9 Å². The summed E-state index contributed by atoms with van der Waals surface area (Å²) < 4.78 is 106. The molecule has 0 saturated heterocycles. The van der Waals surface area contributed by atoms with E-state index in [1.54, 1.807) is 12.1 Å². The van der Waals surface area contributed by atoms with Crippen molar-refractivity contribution in [3.63, 3.8) is 0 Å². The van der Waals surface area contributed by atoms with Crippen molar-refractivity contribution in [3.8, 4) is 34.1 Å². The average molecular weight is 742 g/mol. The molecule has 1 aliphatic heterocycles. The van der Waals surface area contributed by atoms with Crippen molar-refractivity contribution in [2.45, 2.75) is 58.0 Å². The van der Waals surface area contributed by atoms with Crippen LogP contribution in [0, 0.1) is 0 Å². The molecular weight excluding hydrogens is 707 g/mol. The van der Waals surface area contributed by atoms with Crippen LogP contribution in [0.2, 0.25) is 0 Å². The minimum absolute atomic E-state index is 0. The van der Waals surface area contributed by atoms with Crippen LogP contribution in [-0.4, -0.2) is 42.9 Å². The van der Waals surface area contributed by atoms with E-state index in [2.05, 4.69) is 9.97 Å². The summed E-state index contributed by atoms with van der Waals surface area (Å²) in [6.45, 7) is 4.06. The normalized spacial score (nSPS) is 12.7. The van der Waals surface area contributed by atoms with Crippen molar-refractivity contribution in [1.29, 1.82) is 0 Å². The average Bonchev–Trinajstić information content (AvgIpc) is 3.08. The molecule has 272 valence electrons. The molecule has 1 aliphatic rings. The first-order valence-corrected chi connectivity index (χ1v) is 15.9. The van der Waals surface area contributed by atoms with Crippen molar-refractivity contribution < 1.29 is 84.7 Å². The molecule has 0 fully saturated rings. The third-order valence-corrected chi connectivity index (χ3v) is 8.02. The zero-order chi connectivity index (χ0) is 36.9. The molecule has 0 unspecified atom stereocenters. The van der Waals surface area contributed by atoms with E-state index in [0.29, 0.717) is 52.7 Å². The monoisotopic (exact) mass is 741 g/mol. The number of carboxylic acids is 1. The van der Waals surface area contributed by atoms with Gasteiger partial charge in [0.1, 0.15) is 19.0 Å². The first-order valence-electron chi connectivity index (χ1n) is 15.9. The van der Waals surface area contributed by atoms with E-state index >= 15 is 0 Å². The van der Waals surface area contributed by atoms with Gasteiger partial charge < -0.3 is 33.7 Å². The molecule has 16 heteroatoms. The minimum Gasteiger partial charge on any atom is -0.550 e. The molecule has 4 aromatic rings.